The first-order valence-corrected chi connectivity index (χ1v) is 7.51. The maximum Gasteiger partial charge on any atom is 0.241 e. The number of rotatable bonds is 6. The lowest BCUT2D eigenvalue weighted by atomic mass is 10.1. The Morgan fingerprint density at radius 3 is 2.41 bits per heavy atom. The summed E-state index contributed by atoms with van der Waals surface area (Å²) in [4.78, 5) is 18.0. The quantitative estimate of drug-likeness (QED) is 0.892. The second-order valence-corrected chi connectivity index (χ2v) is 5.54. The van der Waals surface area contributed by atoms with Crippen LogP contribution in [0.15, 0.2) is 42.7 Å². The summed E-state index contributed by atoms with van der Waals surface area (Å²) in [6.45, 7) is 5.12. The van der Waals surface area contributed by atoms with E-state index in [0.29, 0.717) is 13.1 Å². The number of aromatic nitrogens is 1. The van der Waals surface area contributed by atoms with Crippen molar-refractivity contribution in [3.05, 3.63) is 59.4 Å². The molecule has 4 nitrogen and oxygen atoms in total. The summed E-state index contributed by atoms with van der Waals surface area (Å²) >= 11 is 0. The van der Waals surface area contributed by atoms with Gasteiger partial charge in [-0.1, -0.05) is 18.2 Å². The highest BCUT2D eigenvalue weighted by atomic mass is 16.2. The van der Waals surface area contributed by atoms with Crippen molar-refractivity contribution < 1.29 is 4.79 Å². The Labute approximate surface area is 132 Å². The minimum atomic E-state index is 0.0942. The third kappa shape index (κ3) is 4.32. The van der Waals surface area contributed by atoms with Gasteiger partial charge in [0, 0.05) is 31.7 Å². The molecule has 1 heterocycles. The number of para-hydroxylation sites is 1. The van der Waals surface area contributed by atoms with Gasteiger partial charge in [-0.2, -0.15) is 0 Å². The SMILES string of the molecule is Cc1cccc(C)c1NCC(=O)N(C)CCc1ccncc1. The van der Waals surface area contributed by atoms with Crippen molar-refractivity contribution in [1.29, 1.82) is 0 Å². The topological polar surface area (TPSA) is 45.2 Å². The summed E-state index contributed by atoms with van der Waals surface area (Å²) in [5, 5.41) is 3.26. The lowest BCUT2D eigenvalue weighted by molar-refractivity contribution is -0.127. The first kappa shape index (κ1) is 16.0. The lowest BCUT2D eigenvalue weighted by Crippen LogP contribution is -2.33. The number of nitrogens with one attached hydrogen (secondary N) is 1. The predicted octanol–water partition coefficient (Wildman–Crippen LogP) is 2.81. The fourth-order valence-electron chi connectivity index (χ4n) is 2.36. The molecule has 0 fully saturated rings. The summed E-state index contributed by atoms with van der Waals surface area (Å²) < 4.78 is 0. The summed E-state index contributed by atoms with van der Waals surface area (Å²) in [7, 11) is 1.84. The summed E-state index contributed by atoms with van der Waals surface area (Å²) in [6.07, 6.45) is 4.40. The smallest absolute Gasteiger partial charge is 0.241 e. The van der Waals surface area contributed by atoms with Crippen LogP contribution in [0.3, 0.4) is 0 Å². The van der Waals surface area contributed by atoms with Crippen molar-refractivity contribution in [3.63, 3.8) is 0 Å². The number of hydrogen-bond acceptors (Lipinski definition) is 3. The Bertz CT molecular complexity index is 605. The molecule has 0 aliphatic rings. The molecule has 4 heteroatoms. The molecule has 0 aliphatic carbocycles. The molecule has 22 heavy (non-hydrogen) atoms. The minimum Gasteiger partial charge on any atom is -0.376 e. The number of benzene rings is 1. The van der Waals surface area contributed by atoms with Crippen LogP contribution < -0.4 is 5.32 Å². The van der Waals surface area contributed by atoms with Crippen LogP contribution in [-0.4, -0.2) is 35.9 Å². The average molecular weight is 297 g/mol. The second kappa shape index (κ2) is 7.59. The molecule has 1 aromatic carbocycles. The van der Waals surface area contributed by atoms with Gasteiger partial charge in [-0.25, -0.2) is 0 Å². The molecular weight excluding hydrogens is 274 g/mol. The molecule has 0 radical (unpaired) electrons. The van der Waals surface area contributed by atoms with E-state index in [-0.39, 0.29) is 5.91 Å². The molecule has 0 saturated heterocycles. The normalized spacial score (nSPS) is 10.3. The summed E-state index contributed by atoms with van der Waals surface area (Å²) in [5.41, 5.74) is 4.57. The van der Waals surface area contributed by atoms with Crippen LogP contribution in [-0.2, 0) is 11.2 Å². The van der Waals surface area contributed by atoms with Crippen molar-refractivity contribution in [1.82, 2.24) is 9.88 Å². The largest absolute Gasteiger partial charge is 0.376 e. The van der Waals surface area contributed by atoms with Crippen LogP contribution in [0.2, 0.25) is 0 Å². The standard InChI is InChI=1S/C18H23N3O/c1-14-5-4-6-15(2)18(14)20-13-17(22)21(3)12-9-16-7-10-19-11-8-16/h4-8,10-11,20H,9,12-13H2,1-3H3. The molecule has 1 N–H and O–H groups in total. The molecule has 0 saturated carbocycles. The maximum absolute atomic E-state index is 12.2. The fourth-order valence-corrected chi connectivity index (χ4v) is 2.36. The Hall–Kier alpha value is -2.36. The van der Waals surface area contributed by atoms with Gasteiger partial charge in [0.05, 0.1) is 6.54 Å². The first-order valence-electron chi connectivity index (χ1n) is 7.51. The van der Waals surface area contributed by atoms with Gasteiger partial charge in [0.25, 0.3) is 0 Å². The molecule has 0 atom stereocenters. The number of nitrogens with zero attached hydrogens (tertiary/aromatic N) is 2. The highest BCUT2D eigenvalue weighted by Gasteiger charge is 2.10. The van der Waals surface area contributed by atoms with E-state index >= 15 is 0 Å². The number of pyridine rings is 1. The van der Waals surface area contributed by atoms with E-state index in [1.807, 2.05) is 51.2 Å². The van der Waals surface area contributed by atoms with E-state index in [9.17, 15) is 4.79 Å². The Morgan fingerprint density at radius 2 is 1.77 bits per heavy atom. The van der Waals surface area contributed by atoms with Gasteiger partial charge in [0.15, 0.2) is 0 Å². The number of likely N-dealkylation sites (N-methyl/N-ethyl adjacent to an activating group) is 1. The van der Waals surface area contributed by atoms with Crippen LogP contribution in [0.1, 0.15) is 16.7 Å². The maximum atomic E-state index is 12.2. The number of amides is 1. The molecular formula is C18H23N3O. The molecule has 1 aromatic heterocycles. The molecule has 0 unspecified atom stereocenters. The third-order valence-electron chi connectivity index (χ3n) is 3.81. The van der Waals surface area contributed by atoms with Crippen LogP contribution in [0.4, 0.5) is 5.69 Å². The Balaban J connectivity index is 1.84. The number of carbonyl (C=O) groups excluding carboxylic acids is 1. The number of aryl methyl sites for hydroxylation is 2. The number of anilines is 1. The highest BCUT2D eigenvalue weighted by Crippen LogP contribution is 2.18. The van der Waals surface area contributed by atoms with Gasteiger partial charge < -0.3 is 10.2 Å². The van der Waals surface area contributed by atoms with Crippen LogP contribution in [0.5, 0.6) is 0 Å². The second-order valence-electron chi connectivity index (χ2n) is 5.54. The van der Waals surface area contributed by atoms with E-state index in [1.165, 1.54) is 5.56 Å². The zero-order chi connectivity index (χ0) is 15.9. The van der Waals surface area contributed by atoms with E-state index in [2.05, 4.69) is 10.3 Å². The van der Waals surface area contributed by atoms with Crippen LogP contribution in [0, 0.1) is 13.8 Å². The molecule has 116 valence electrons. The molecule has 2 aromatic rings. The van der Waals surface area contributed by atoms with Gasteiger partial charge in [-0.05, 0) is 49.1 Å². The number of carbonyl (C=O) groups is 1. The van der Waals surface area contributed by atoms with Gasteiger partial charge in [0.2, 0.25) is 5.91 Å². The van der Waals surface area contributed by atoms with Crippen LogP contribution >= 0.6 is 0 Å². The van der Waals surface area contributed by atoms with Crippen molar-refractivity contribution >= 4 is 11.6 Å². The van der Waals surface area contributed by atoms with Crippen LogP contribution in [0.25, 0.3) is 0 Å². The summed E-state index contributed by atoms with van der Waals surface area (Å²) in [6, 6.07) is 10.1. The number of hydrogen-bond donors (Lipinski definition) is 1. The Morgan fingerprint density at radius 1 is 1.14 bits per heavy atom. The van der Waals surface area contributed by atoms with Crippen molar-refractivity contribution in [2.75, 3.05) is 25.5 Å². The monoisotopic (exact) mass is 297 g/mol. The summed E-state index contributed by atoms with van der Waals surface area (Å²) in [5.74, 6) is 0.0942. The predicted molar refractivity (Wildman–Crippen MR) is 90.0 cm³/mol. The molecule has 2 rings (SSSR count). The highest BCUT2D eigenvalue weighted by molar-refractivity contribution is 5.81. The lowest BCUT2D eigenvalue weighted by Gasteiger charge is -2.19. The van der Waals surface area contributed by atoms with E-state index in [0.717, 1.165) is 23.2 Å². The van der Waals surface area contributed by atoms with Crippen molar-refractivity contribution in [2.24, 2.45) is 0 Å². The molecule has 0 bridgehead atoms. The molecule has 0 spiro atoms. The minimum absolute atomic E-state index is 0.0942. The zero-order valence-electron chi connectivity index (χ0n) is 13.5. The zero-order valence-corrected chi connectivity index (χ0v) is 13.5. The van der Waals surface area contributed by atoms with E-state index in [1.54, 1.807) is 17.3 Å². The van der Waals surface area contributed by atoms with Crippen molar-refractivity contribution in [3.8, 4) is 0 Å². The van der Waals surface area contributed by atoms with E-state index in [4.69, 9.17) is 0 Å². The fraction of sp³-hybridized carbons (Fsp3) is 0.333. The Kier molecular flexibility index (Phi) is 5.53. The first-order chi connectivity index (χ1) is 10.6. The van der Waals surface area contributed by atoms with E-state index < -0.39 is 0 Å². The van der Waals surface area contributed by atoms with Gasteiger partial charge in [-0.15, -0.1) is 0 Å². The van der Waals surface area contributed by atoms with Gasteiger partial charge in [0.1, 0.15) is 0 Å². The molecule has 1 amide bonds. The van der Waals surface area contributed by atoms with Gasteiger partial charge >= 0.3 is 0 Å². The van der Waals surface area contributed by atoms with Gasteiger partial charge in [-0.3, -0.25) is 9.78 Å². The molecule has 0 aliphatic heterocycles. The third-order valence-corrected chi connectivity index (χ3v) is 3.81. The average Bonchev–Trinajstić information content (AvgIpc) is 2.53. The van der Waals surface area contributed by atoms with Crippen molar-refractivity contribution in [2.45, 2.75) is 20.3 Å².